The number of aliphatic hydroxyl groups excluding tert-OH is 1. The Labute approximate surface area is 90.0 Å². The van der Waals surface area contributed by atoms with Crippen LogP contribution in [0.3, 0.4) is 0 Å². The smallest absolute Gasteiger partial charge is 0.227 e. The number of hydrogen-bond donors (Lipinski definition) is 3. The van der Waals surface area contributed by atoms with Crippen LogP contribution in [0.25, 0.3) is 0 Å². The van der Waals surface area contributed by atoms with Crippen LogP contribution in [-0.4, -0.2) is 42.9 Å². The Morgan fingerprint density at radius 3 is 2.93 bits per heavy atom. The summed E-state index contributed by atoms with van der Waals surface area (Å²) in [6, 6.07) is -0.179. The minimum Gasteiger partial charge on any atom is -0.393 e. The normalized spacial score (nSPS) is 27.7. The number of hydrogen-bond acceptors (Lipinski definition) is 4. The Morgan fingerprint density at radius 1 is 1.67 bits per heavy atom. The molecule has 1 amide bonds. The monoisotopic (exact) mass is 216 g/mol. The molecular weight excluding hydrogens is 196 g/mol. The van der Waals surface area contributed by atoms with E-state index in [-0.39, 0.29) is 24.0 Å². The summed E-state index contributed by atoms with van der Waals surface area (Å²) < 4.78 is 5.11. The van der Waals surface area contributed by atoms with Crippen LogP contribution in [0.1, 0.15) is 19.8 Å². The molecule has 3 unspecified atom stereocenters. The fourth-order valence-electron chi connectivity index (χ4n) is 1.58. The molecule has 1 aliphatic heterocycles. The molecule has 3 atom stereocenters. The summed E-state index contributed by atoms with van der Waals surface area (Å²) in [7, 11) is 0. The van der Waals surface area contributed by atoms with Crippen LogP contribution in [-0.2, 0) is 9.53 Å². The molecule has 0 aromatic heterocycles. The summed E-state index contributed by atoms with van der Waals surface area (Å²) >= 11 is 0. The number of amides is 1. The molecule has 0 bridgehead atoms. The maximum absolute atomic E-state index is 11.6. The Bertz CT molecular complexity index is 209. The number of ether oxygens (including phenoxy) is 1. The van der Waals surface area contributed by atoms with Gasteiger partial charge in [0.15, 0.2) is 0 Å². The van der Waals surface area contributed by atoms with E-state index >= 15 is 0 Å². The van der Waals surface area contributed by atoms with Crippen molar-refractivity contribution in [2.75, 3.05) is 19.8 Å². The molecule has 0 spiro atoms. The van der Waals surface area contributed by atoms with Crippen LogP contribution in [0.2, 0.25) is 0 Å². The highest BCUT2D eigenvalue weighted by atomic mass is 16.5. The zero-order valence-electron chi connectivity index (χ0n) is 9.11. The minimum absolute atomic E-state index is 0.0365. The molecular formula is C10H20N2O3. The van der Waals surface area contributed by atoms with E-state index in [2.05, 4.69) is 5.32 Å². The lowest BCUT2D eigenvalue weighted by atomic mass is 10.0. The molecule has 0 aliphatic carbocycles. The topological polar surface area (TPSA) is 84.6 Å². The van der Waals surface area contributed by atoms with E-state index in [1.54, 1.807) is 6.92 Å². The predicted molar refractivity (Wildman–Crippen MR) is 56.2 cm³/mol. The van der Waals surface area contributed by atoms with E-state index in [0.717, 1.165) is 6.42 Å². The zero-order chi connectivity index (χ0) is 11.3. The maximum atomic E-state index is 11.6. The first-order chi connectivity index (χ1) is 7.11. The summed E-state index contributed by atoms with van der Waals surface area (Å²) in [5.74, 6) is -0.248. The van der Waals surface area contributed by atoms with Gasteiger partial charge >= 0.3 is 0 Å². The van der Waals surface area contributed by atoms with Crippen molar-refractivity contribution in [1.29, 1.82) is 0 Å². The van der Waals surface area contributed by atoms with Gasteiger partial charge in [0.2, 0.25) is 5.91 Å². The Balaban J connectivity index is 2.13. The van der Waals surface area contributed by atoms with Crippen molar-refractivity contribution in [1.82, 2.24) is 5.32 Å². The average Bonchev–Trinajstić information content (AvgIpc) is 2.58. The van der Waals surface area contributed by atoms with Gasteiger partial charge in [-0.15, -0.1) is 0 Å². The first kappa shape index (κ1) is 12.4. The van der Waals surface area contributed by atoms with E-state index in [1.807, 2.05) is 0 Å². The molecule has 15 heavy (non-hydrogen) atoms. The van der Waals surface area contributed by atoms with Gasteiger partial charge < -0.3 is 20.9 Å². The van der Waals surface area contributed by atoms with Crippen LogP contribution in [0.4, 0.5) is 0 Å². The van der Waals surface area contributed by atoms with Crippen molar-refractivity contribution in [3.8, 4) is 0 Å². The molecule has 1 aliphatic rings. The fourth-order valence-corrected chi connectivity index (χ4v) is 1.58. The van der Waals surface area contributed by atoms with Crippen LogP contribution in [0, 0.1) is 5.92 Å². The predicted octanol–water partition coefficient (Wildman–Crippen LogP) is -0.763. The number of rotatable bonds is 5. The molecule has 0 aromatic carbocycles. The molecule has 88 valence electrons. The molecule has 5 nitrogen and oxygen atoms in total. The lowest BCUT2D eigenvalue weighted by Crippen LogP contribution is -2.41. The van der Waals surface area contributed by atoms with Crippen molar-refractivity contribution in [3.63, 3.8) is 0 Å². The number of carbonyl (C=O) groups excluding carboxylic acids is 1. The quantitative estimate of drug-likeness (QED) is 0.527. The summed E-state index contributed by atoms with van der Waals surface area (Å²) in [4.78, 5) is 11.6. The van der Waals surface area contributed by atoms with Gasteiger partial charge in [-0.3, -0.25) is 4.79 Å². The molecule has 0 aromatic rings. The third kappa shape index (κ3) is 4.15. The molecule has 1 rings (SSSR count). The van der Waals surface area contributed by atoms with E-state index < -0.39 is 0 Å². The summed E-state index contributed by atoms with van der Waals surface area (Å²) in [6.07, 6.45) is 1.18. The van der Waals surface area contributed by atoms with Crippen LogP contribution < -0.4 is 11.1 Å². The lowest BCUT2D eigenvalue weighted by Gasteiger charge is -2.13. The summed E-state index contributed by atoms with van der Waals surface area (Å²) in [5.41, 5.74) is 5.71. The highest BCUT2D eigenvalue weighted by Crippen LogP contribution is 2.11. The largest absolute Gasteiger partial charge is 0.393 e. The zero-order valence-corrected chi connectivity index (χ0v) is 9.11. The van der Waals surface area contributed by atoms with Crippen molar-refractivity contribution < 1.29 is 14.6 Å². The van der Waals surface area contributed by atoms with Crippen LogP contribution in [0.5, 0.6) is 0 Å². The third-order valence-electron chi connectivity index (χ3n) is 2.56. The third-order valence-corrected chi connectivity index (χ3v) is 2.56. The summed E-state index contributed by atoms with van der Waals surface area (Å²) in [6.45, 7) is 3.21. The second kappa shape index (κ2) is 6.05. The second-order valence-corrected chi connectivity index (χ2v) is 4.09. The highest BCUT2D eigenvalue weighted by molar-refractivity contribution is 5.79. The van der Waals surface area contributed by atoms with Gasteiger partial charge in [0.25, 0.3) is 0 Å². The molecule has 0 radical (unpaired) electrons. The van der Waals surface area contributed by atoms with Crippen molar-refractivity contribution in [2.24, 2.45) is 11.7 Å². The molecule has 1 fully saturated rings. The van der Waals surface area contributed by atoms with Gasteiger partial charge in [0.05, 0.1) is 25.2 Å². The number of aliphatic hydroxyl groups is 1. The molecule has 0 saturated carbocycles. The number of carbonyl (C=O) groups is 1. The molecule has 4 N–H and O–H groups in total. The first-order valence-electron chi connectivity index (χ1n) is 5.40. The number of nitrogens with two attached hydrogens (primary N) is 1. The van der Waals surface area contributed by atoms with Crippen molar-refractivity contribution in [2.45, 2.75) is 31.9 Å². The van der Waals surface area contributed by atoms with E-state index in [1.165, 1.54) is 0 Å². The van der Waals surface area contributed by atoms with Gasteiger partial charge in [-0.25, -0.2) is 0 Å². The highest BCUT2D eigenvalue weighted by Gasteiger charge is 2.30. The Hall–Kier alpha value is -0.650. The Morgan fingerprint density at radius 2 is 2.40 bits per heavy atom. The fraction of sp³-hybridized carbons (Fsp3) is 0.900. The van der Waals surface area contributed by atoms with Gasteiger partial charge in [-0.2, -0.15) is 0 Å². The van der Waals surface area contributed by atoms with Gasteiger partial charge in [0.1, 0.15) is 0 Å². The van der Waals surface area contributed by atoms with Gasteiger partial charge in [-0.05, 0) is 19.8 Å². The van der Waals surface area contributed by atoms with Crippen molar-refractivity contribution in [3.05, 3.63) is 0 Å². The van der Waals surface area contributed by atoms with Crippen LogP contribution in [0.15, 0.2) is 0 Å². The van der Waals surface area contributed by atoms with E-state index in [0.29, 0.717) is 26.2 Å². The first-order valence-corrected chi connectivity index (χ1v) is 5.40. The van der Waals surface area contributed by atoms with Gasteiger partial charge in [-0.1, -0.05) is 0 Å². The number of nitrogens with one attached hydrogen (secondary N) is 1. The minimum atomic E-state index is -0.307. The average molecular weight is 216 g/mol. The van der Waals surface area contributed by atoms with E-state index in [4.69, 9.17) is 15.6 Å². The standard InChI is InChI=1S/C10H20N2O3/c1-7(13)3-2-4-12-10(14)8-5-15-6-9(8)11/h7-9,13H,2-6,11H2,1H3,(H,12,14). The summed E-state index contributed by atoms with van der Waals surface area (Å²) in [5, 5.41) is 11.8. The van der Waals surface area contributed by atoms with Crippen LogP contribution >= 0.6 is 0 Å². The Kier molecular flexibility index (Phi) is 5.01. The maximum Gasteiger partial charge on any atom is 0.227 e. The van der Waals surface area contributed by atoms with Crippen molar-refractivity contribution >= 4 is 5.91 Å². The molecule has 5 heteroatoms. The second-order valence-electron chi connectivity index (χ2n) is 4.09. The van der Waals surface area contributed by atoms with Gasteiger partial charge in [0, 0.05) is 12.6 Å². The lowest BCUT2D eigenvalue weighted by molar-refractivity contribution is -0.125. The van der Waals surface area contributed by atoms with E-state index in [9.17, 15) is 4.79 Å². The molecule has 1 heterocycles. The SMILES string of the molecule is CC(O)CCCNC(=O)C1COCC1N. The molecule has 1 saturated heterocycles.